The number of nitrogens with two attached hydrogens (primary N) is 2. The molecule has 2 nitrogen and oxygen atoms in total. The van der Waals surface area contributed by atoms with E-state index in [1.54, 1.807) is 0 Å². The Bertz CT molecular complexity index is 727. The van der Waals surface area contributed by atoms with Crippen molar-refractivity contribution in [2.24, 2.45) is 0 Å². The number of hydrogen-bond acceptors (Lipinski definition) is 2. The molecule has 0 spiro atoms. The molecular formula is C20H22F6N2. The fourth-order valence-electron chi connectivity index (χ4n) is 3.18. The smallest absolute Gasteiger partial charge is 0.399 e. The van der Waals surface area contributed by atoms with Crippen LogP contribution in [-0.4, -0.2) is 0 Å². The number of nitrogen functional groups attached to an aromatic ring is 2. The second-order valence-corrected chi connectivity index (χ2v) is 6.84. The maximum atomic E-state index is 12.1. The molecule has 28 heavy (non-hydrogen) atoms. The number of alkyl halides is 6. The monoisotopic (exact) mass is 404 g/mol. The zero-order valence-electron chi connectivity index (χ0n) is 15.1. The first kappa shape index (κ1) is 21.9. The van der Waals surface area contributed by atoms with E-state index in [0.29, 0.717) is 12.1 Å². The molecule has 3 rings (SSSR count). The van der Waals surface area contributed by atoms with E-state index in [0.717, 1.165) is 11.6 Å². The molecule has 154 valence electrons. The van der Waals surface area contributed by atoms with Crippen LogP contribution in [0.4, 0.5) is 37.7 Å². The topological polar surface area (TPSA) is 52.0 Å². The van der Waals surface area contributed by atoms with Gasteiger partial charge in [0.15, 0.2) is 0 Å². The summed E-state index contributed by atoms with van der Waals surface area (Å²) >= 11 is 0. The SMILES string of the molecule is Nc1cc(C(F)(F)F)cc(C(F)(F)F)c1.Nc1ccc(C2CCCCC2)cc1. The van der Waals surface area contributed by atoms with Crippen molar-refractivity contribution in [3.63, 3.8) is 0 Å². The van der Waals surface area contributed by atoms with Crippen molar-refractivity contribution >= 4 is 11.4 Å². The van der Waals surface area contributed by atoms with Gasteiger partial charge in [-0.25, -0.2) is 0 Å². The van der Waals surface area contributed by atoms with E-state index in [1.807, 2.05) is 12.1 Å². The molecule has 0 heterocycles. The second kappa shape index (κ2) is 8.75. The van der Waals surface area contributed by atoms with Gasteiger partial charge < -0.3 is 11.5 Å². The van der Waals surface area contributed by atoms with E-state index >= 15 is 0 Å². The Hall–Kier alpha value is -2.38. The first-order valence-corrected chi connectivity index (χ1v) is 8.87. The van der Waals surface area contributed by atoms with Crippen LogP contribution in [0.1, 0.15) is 54.7 Å². The lowest BCUT2D eigenvalue weighted by molar-refractivity contribution is -0.143. The molecule has 0 atom stereocenters. The molecule has 0 amide bonds. The van der Waals surface area contributed by atoms with Crippen LogP contribution >= 0.6 is 0 Å². The Labute approximate surface area is 159 Å². The Morgan fingerprint density at radius 2 is 1.11 bits per heavy atom. The van der Waals surface area contributed by atoms with Crippen molar-refractivity contribution < 1.29 is 26.3 Å². The number of rotatable bonds is 1. The van der Waals surface area contributed by atoms with Crippen LogP contribution in [-0.2, 0) is 12.4 Å². The largest absolute Gasteiger partial charge is 0.416 e. The minimum atomic E-state index is -4.84. The third kappa shape index (κ3) is 6.35. The summed E-state index contributed by atoms with van der Waals surface area (Å²) in [6.45, 7) is 0. The van der Waals surface area contributed by atoms with E-state index in [1.165, 1.54) is 37.7 Å². The summed E-state index contributed by atoms with van der Waals surface area (Å²) in [7, 11) is 0. The van der Waals surface area contributed by atoms with Crippen molar-refractivity contribution in [1.82, 2.24) is 0 Å². The molecule has 1 saturated carbocycles. The van der Waals surface area contributed by atoms with Crippen molar-refractivity contribution in [2.45, 2.75) is 50.4 Å². The minimum Gasteiger partial charge on any atom is -0.399 e. The van der Waals surface area contributed by atoms with Crippen LogP contribution < -0.4 is 11.5 Å². The van der Waals surface area contributed by atoms with E-state index in [4.69, 9.17) is 11.5 Å². The number of benzene rings is 2. The third-order valence-corrected chi connectivity index (χ3v) is 4.62. The molecule has 0 bridgehead atoms. The van der Waals surface area contributed by atoms with Crippen LogP contribution in [0.25, 0.3) is 0 Å². The Morgan fingerprint density at radius 1 is 0.643 bits per heavy atom. The van der Waals surface area contributed by atoms with Gasteiger partial charge in [0.25, 0.3) is 0 Å². The van der Waals surface area contributed by atoms with Crippen LogP contribution in [0.15, 0.2) is 42.5 Å². The molecule has 1 aliphatic rings. The molecule has 1 fully saturated rings. The van der Waals surface area contributed by atoms with Gasteiger partial charge in [-0.3, -0.25) is 0 Å². The lowest BCUT2D eigenvalue weighted by atomic mass is 9.84. The maximum Gasteiger partial charge on any atom is 0.416 e. The number of anilines is 2. The van der Waals surface area contributed by atoms with Gasteiger partial charge in [0.2, 0.25) is 0 Å². The molecule has 0 unspecified atom stereocenters. The lowest BCUT2D eigenvalue weighted by Crippen LogP contribution is -2.11. The van der Waals surface area contributed by atoms with Gasteiger partial charge in [0.05, 0.1) is 11.1 Å². The molecule has 1 aliphatic carbocycles. The van der Waals surface area contributed by atoms with E-state index in [2.05, 4.69) is 12.1 Å². The lowest BCUT2D eigenvalue weighted by Gasteiger charge is -2.21. The van der Waals surface area contributed by atoms with Crippen molar-refractivity contribution in [3.05, 3.63) is 59.2 Å². The molecule has 0 aliphatic heterocycles. The first-order valence-electron chi connectivity index (χ1n) is 8.87. The third-order valence-electron chi connectivity index (χ3n) is 4.62. The fourth-order valence-corrected chi connectivity index (χ4v) is 3.18. The summed E-state index contributed by atoms with van der Waals surface area (Å²) in [5, 5.41) is 0. The van der Waals surface area contributed by atoms with E-state index in [9.17, 15) is 26.3 Å². The van der Waals surface area contributed by atoms with Gasteiger partial charge in [0, 0.05) is 11.4 Å². The highest BCUT2D eigenvalue weighted by Crippen LogP contribution is 2.36. The van der Waals surface area contributed by atoms with Gasteiger partial charge in [0.1, 0.15) is 0 Å². The molecular weight excluding hydrogens is 382 g/mol. The predicted octanol–water partition coefficient (Wildman–Crippen LogP) is 6.62. The van der Waals surface area contributed by atoms with Crippen molar-refractivity contribution in [3.8, 4) is 0 Å². The first-order chi connectivity index (χ1) is 13.0. The Morgan fingerprint density at radius 3 is 1.54 bits per heavy atom. The summed E-state index contributed by atoms with van der Waals surface area (Å²) in [4.78, 5) is 0. The van der Waals surface area contributed by atoms with Crippen LogP contribution in [0.5, 0.6) is 0 Å². The molecule has 2 aromatic carbocycles. The highest BCUT2D eigenvalue weighted by atomic mass is 19.4. The summed E-state index contributed by atoms with van der Waals surface area (Å²) in [5.74, 6) is 0.800. The average molecular weight is 404 g/mol. The Balaban J connectivity index is 0.000000202. The standard InChI is InChI=1S/C12H17N.C8H5F6N/c13-12-8-6-11(7-9-12)10-4-2-1-3-5-10;9-7(10,11)4-1-5(8(12,13)14)3-6(15)2-4/h6-10H,1-5,13H2;1-3H,15H2. The van der Waals surface area contributed by atoms with Crippen molar-refractivity contribution in [1.29, 1.82) is 0 Å². The van der Waals surface area contributed by atoms with Crippen LogP contribution in [0, 0.1) is 0 Å². The summed E-state index contributed by atoms with van der Waals surface area (Å²) in [6, 6.07) is 9.34. The number of halogens is 6. The minimum absolute atomic E-state index is 0.0242. The normalized spacial score (nSPS) is 15.6. The summed E-state index contributed by atoms with van der Waals surface area (Å²) < 4.78 is 72.7. The predicted molar refractivity (Wildman–Crippen MR) is 97.5 cm³/mol. The molecule has 8 heteroatoms. The van der Waals surface area contributed by atoms with Gasteiger partial charge in [-0.15, -0.1) is 0 Å². The van der Waals surface area contributed by atoms with E-state index < -0.39 is 29.2 Å². The van der Waals surface area contributed by atoms with Gasteiger partial charge in [-0.2, -0.15) is 26.3 Å². The molecule has 2 aromatic rings. The molecule has 0 radical (unpaired) electrons. The van der Waals surface area contributed by atoms with E-state index in [-0.39, 0.29) is 6.07 Å². The quantitative estimate of drug-likeness (QED) is 0.414. The zero-order valence-corrected chi connectivity index (χ0v) is 15.1. The van der Waals surface area contributed by atoms with Crippen LogP contribution in [0.3, 0.4) is 0 Å². The average Bonchev–Trinajstić information content (AvgIpc) is 2.62. The molecule has 4 N–H and O–H groups in total. The van der Waals surface area contributed by atoms with Crippen molar-refractivity contribution in [2.75, 3.05) is 11.5 Å². The maximum absolute atomic E-state index is 12.1. The second-order valence-electron chi connectivity index (χ2n) is 6.84. The zero-order chi connectivity index (χ0) is 20.9. The van der Waals surface area contributed by atoms with Gasteiger partial charge >= 0.3 is 12.4 Å². The molecule has 0 saturated heterocycles. The molecule has 0 aromatic heterocycles. The van der Waals surface area contributed by atoms with Crippen LogP contribution in [0.2, 0.25) is 0 Å². The summed E-state index contributed by atoms with van der Waals surface area (Å²) in [6.07, 6.45) is -2.73. The fraction of sp³-hybridized carbons (Fsp3) is 0.400. The highest BCUT2D eigenvalue weighted by molar-refractivity contribution is 5.46. The highest BCUT2D eigenvalue weighted by Gasteiger charge is 2.36. The van der Waals surface area contributed by atoms with Gasteiger partial charge in [-0.05, 0) is 54.7 Å². The van der Waals surface area contributed by atoms with Gasteiger partial charge in [-0.1, -0.05) is 31.4 Å². The number of hydrogen-bond donors (Lipinski definition) is 2. The summed E-state index contributed by atoms with van der Waals surface area (Å²) in [5.41, 5.74) is 9.58. The Kier molecular flexibility index (Phi) is 6.85.